The standard InChI is InChI=1S/C6H12N2/c1-8-4-5-6(8)2-3-7-5/h5-7H,2-4H2,1H3/t5-,6-/m0/s1. The maximum absolute atomic E-state index is 3.44. The molecule has 2 heterocycles. The molecule has 0 aliphatic carbocycles. The van der Waals surface area contributed by atoms with Gasteiger partial charge in [0.15, 0.2) is 0 Å². The molecule has 1 N–H and O–H groups in total. The average Bonchev–Trinajstić information content (AvgIpc) is 2.09. The molecule has 0 radical (unpaired) electrons. The summed E-state index contributed by atoms with van der Waals surface area (Å²) in [6.07, 6.45) is 1.36. The topological polar surface area (TPSA) is 15.3 Å². The van der Waals surface area contributed by atoms with Crippen LogP contribution in [0.4, 0.5) is 0 Å². The summed E-state index contributed by atoms with van der Waals surface area (Å²) in [5.74, 6) is 0. The molecule has 46 valence electrons. The van der Waals surface area contributed by atoms with Crippen molar-refractivity contribution in [2.24, 2.45) is 0 Å². The van der Waals surface area contributed by atoms with E-state index in [9.17, 15) is 0 Å². The fourth-order valence-electron chi connectivity index (χ4n) is 1.78. The summed E-state index contributed by atoms with van der Waals surface area (Å²) in [6, 6.07) is 1.73. The third-order valence-corrected chi connectivity index (χ3v) is 2.36. The van der Waals surface area contributed by atoms with Crippen LogP contribution >= 0.6 is 0 Å². The van der Waals surface area contributed by atoms with E-state index in [4.69, 9.17) is 0 Å². The van der Waals surface area contributed by atoms with Gasteiger partial charge in [0.05, 0.1) is 0 Å². The first-order valence-electron chi connectivity index (χ1n) is 3.31. The number of likely N-dealkylation sites (N-methyl/N-ethyl adjacent to an activating group) is 1. The second-order valence-corrected chi connectivity index (χ2v) is 2.86. The molecule has 2 saturated heterocycles. The maximum Gasteiger partial charge on any atom is 0.0351 e. The van der Waals surface area contributed by atoms with Gasteiger partial charge < -0.3 is 10.2 Å². The van der Waals surface area contributed by atoms with Crippen molar-refractivity contribution in [1.29, 1.82) is 0 Å². The second-order valence-electron chi connectivity index (χ2n) is 2.86. The molecule has 0 amide bonds. The molecular formula is C6H12N2. The third-order valence-electron chi connectivity index (χ3n) is 2.36. The van der Waals surface area contributed by atoms with Crippen molar-refractivity contribution in [3.63, 3.8) is 0 Å². The van der Waals surface area contributed by atoms with Crippen LogP contribution in [0.5, 0.6) is 0 Å². The van der Waals surface area contributed by atoms with Gasteiger partial charge in [0.2, 0.25) is 0 Å². The molecular weight excluding hydrogens is 100 g/mol. The van der Waals surface area contributed by atoms with Crippen LogP contribution in [0.1, 0.15) is 6.42 Å². The Bertz CT molecular complexity index is 103. The highest BCUT2D eigenvalue weighted by Gasteiger charge is 2.38. The van der Waals surface area contributed by atoms with E-state index in [0.717, 1.165) is 12.1 Å². The molecule has 2 aliphatic rings. The fraction of sp³-hybridized carbons (Fsp3) is 1.00. The highest BCUT2D eigenvalue weighted by Crippen LogP contribution is 2.22. The van der Waals surface area contributed by atoms with Gasteiger partial charge in [-0.15, -0.1) is 0 Å². The van der Waals surface area contributed by atoms with Gasteiger partial charge in [-0.2, -0.15) is 0 Å². The Labute approximate surface area is 49.9 Å². The predicted molar refractivity (Wildman–Crippen MR) is 32.8 cm³/mol. The van der Waals surface area contributed by atoms with Crippen LogP contribution in [0, 0.1) is 0 Å². The van der Waals surface area contributed by atoms with E-state index in [2.05, 4.69) is 17.3 Å². The second kappa shape index (κ2) is 1.45. The molecule has 0 unspecified atom stereocenters. The number of fused-ring (bicyclic) bond motifs is 1. The first-order valence-corrected chi connectivity index (χ1v) is 3.31. The van der Waals surface area contributed by atoms with Crippen LogP contribution in [0.15, 0.2) is 0 Å². The van der Waals surface area contributed by atoms with Crippen molar-refractivity contribution in [3.8, 4) is 0 Å². The van der Waals surface area contributed by atoms with E-state index in [1.807, 2.05) is 0 Å². The van der Waals surface area contributed by atoms with Gasteiger partial charge in [0.1, 0.15) is 0 Å². The predicted octanol–water partition coefficient (Wildman–Crippen LogP) is -0.338. The molecule has 0 saturated carbocycles. The Balaban J connectivity index is 2.02. The first kappa shape index (κ1) is 4.77. The Kier molecular flexibility index (Phi) is 0.866. The van der Waals surface area contributed by atoms with Crippen molar-refractivity contribution < 1.29 is 0 Å². The van der Waals surface area contributed by atoms with Crippen molar-refractivity contribution >= 4 is 0 Å². The van der Waals surface area contributed by atoms with Crippen LogP contribution in [0.25, 0.3) is 0 Å². The van der Waals surface area contributed by atoms with Gasteiger partial charge >= 0.3 is 0 Å². The molecule has 2 aliphatic heterocycles. The highest BCUT2D eigenvalue weighted by atomic mass is 15.3. The quantitative estimate of drug-likeness (QED) is 0.461. The number of nitrogens with one attached hydrogen (secondary N) is 1. The lowest BCUT2D eigenvalue weighted by molar-refractivity contribution is 0.106. The monoisotopic (exact) mass is 112 g/mol. The number of nitrogens with zero attached hydrogens (tertiary/aromatic N) is 1. The minimum atomic E-state index is 0.847. The molecule has 2 fully saturated rings. The number of hydrogen-bond acceptors (Lipinski definition) is 2. The smallest absolute Gasteiger partial charge is 0.0351 e. The fourth-order valence-corrected chi connectivity index (χ4v) is 1.78. The Morgan fingerprint density at radius 1 is 1.62 bits per heavy atom. The van der Waals surface area contributed by atoms with Crippen molar-refractivity contribution in [3.05, 3.63) is 0 Å². The van der Waals surface area contributed by atoms with Crippen LogP contribution < -0.4 is 5.32 Å². The summed E-state index contributed by atoms with van der Waals surface area (Å²) >= 11 is 0. The van der Waals surface area contributed by atoms with Gasteiger partial charge in [0.25, 0.3) is 0 Å². The molecule has 2 atom stereocenters. The molecule has 0 aromatic heterocycles. The molecule has 2 heteroatoms. The van der Waals surface area contributed by atoms with Gasteiger partial charge in [-0.3, -0.25) is 0 Å². The number of likely N-dealkylation sites (tertiary alicyclic amines) is 1. The lowest BCUT2D eigenvalue weighted by atomic mass is 10.00. The average molecular weight is 112 g/mol. The van der Waals surface area contributed by atoms with Gasteiger partial charge in [0, 0.05) is 18.6 Å². The van der Waals surface area contributed by atoms with Crippen LogP contribution in [0.2, 0.25) is 0 Å². The molecule has 0 bridgehead atoms. The molecule has 0 aromatic carbocycles. The summed E-state index contributed by atoms with van der Waals surface area (Å²) in [7, 11) is 2.20. The lowest BCUT2D eigenvalue weighted by Gasteiger charge is -2.41. The largest absolute Gasteiger partial charge is 0.311 e. The van der Waals surface area contributed by atoms with E-state index in [-0.39, 0.29) is 0 Å². The molecule has 0 spiro atoms. The third kappa shape index (κ3) is 0.446. The summed E-state index contributed by atoms with van der Waals surface area (Å²) in [4.78, 5) is 2.42. The Morgan fingerprint density at radius 2 is 2.50 bits per heavy atom. The van der Waals surface area contributed by atoms with Crippen LogP contribution in [0.3, 0.4) is 0 Å². The van der Waals surface area contributed by atoms with Gasteiger partial charge in [-0.1, -0.05) is 0 Å². The van der Waals surface area contributed by atoms with E-state index in [1.54, 1.807) is 0 Å². The highest BCUT2D eigenvalue weighted by molar-refractivity contribution is 4.99. The minimum absolute atomic E-state index is 0.847. The number of hydrogen-bond donors (Lipinski definition) is 1. The Hall–Kier alpha value is -0.0800. The first-order chi connectivity index (χ1) is 3.88. The van der Waals surface area contributed by atoms with Crippen molar-refractivity contribution in [2.45, 2.75) is 18.5 Å². The Morgan fingerprint density at radius 3 is 3.00 bits per heavy atom. The van der Waals surface area contributed by atoms with Crippen molar-refractivity contribution in [1.82, 2.24) is 10.2 Å². The zero-order valence-electron chi connectivity index (χ0n) is 5.22. The molecule has 8 heavy (non-hydrogen) atoms. The zero-order chi connectivity index (χ0) is 5.56. The maximum atomic E-state index is 3.44. The molecule has 0 aromatic rings. The SMILES string of the molecule is CN1C[C@@H]2NCC[C@@H]21. The van der Waals surface area contributed by atoms with E-state index in [0.29, 0.717) is 0 Å². The lowest BCUT2D eigenvalue weighted by Crippen LogP contribution is -2.58. The van der Waals surface area contributed by atoms with Crippen molar-refractivity contribution in [2.75, 3.05) is 20.1 Å². The molecule has 2 nitrogen and oxygen atoms in total. The van der Waals surface area contributed by atoms with E-state index < -0.39 is 0 Å². The van der Waals surface area contributed by atoms with E-state index in [1.165, 1.54) is 19.5 Å². The number of rotatable bonds is 0. The zero-order valence-corrected chi connectivity index (χ0v) is 5.22. The van der Waals surface area contributed by atoms with Crippen LogP contribution in [-0.4, -0.2) is 37.1 Å². The normalized spacial score (nSPS) is 46.1. The van der Waals surface area contributed by atoms with Crippen LogP contribution in [-0.2, 0) is 0 Å². The van der Waals surface area contributed by atoms with Gasteiger partial charge in [-0.25, -0.2) is 0 Å². The molecule has 2 rings (SSSR count). The summed E-state index contributed by atoms with van der Waals surface area (Å²) in [5.41, 5.74) is 0. The summed E-state index contributed by atoms with van der Waals surface area (Å²) in [6.45, 7) is 2.50. The summed E-state index contributed by atoms with van der Waals surface area (Å²) in [5, 5.41) is 3.44. The summed E-state index contributed by atoms with van der Waals surface area (Å²) < 4.78 is 0. The van der Waals surface area contributed by atoms with Gasteiger partial charge in [-0.05, 0) is 20.0 Å². The van der Waals surface area contributed by atoms with E-state index >= 15 is 0 Å². The minimum Gasteiger partial charge on any atom is -0.311 e.